The molecule has 0 rings (SSSR count). The Kier molecular flexibility index (Phi) is 4.34. The van der Waals surface area contributed by atoms with Crippen LogP contribution in [0.3, 0.4) is 0 Å². The summed E-state index contributed by atoms with van der Waals surface area (Å²) in [6.45, 7) is 0.545. The highest BCUT2D eigenvalue weighted by Gasteiger charge is 1.74. The topological polar surface area (TPSA) is 26.3 Å². The van der Waals surface area contributed by atoms with E-state index in [-0.39, 0.29) is 0 Å². The second-order valence-electron chi connectivity index (χ2n) is 0.948. The van der Waals surface area contributed by atoms with E-state index in [2.05, 4.69) is 4.74 Å². The largest absolute Gasteiger partial charge is 0.384 e. The fourth-order valence-electron chi connectivity index (χ4n) is 0.166. The lowest BCUT2D eigenvalue weighted by Gasteiger charge is -1.84. The molecule has 0 aliphatic heterocycles. The number of rotatable bonds is 3. The summed E-state index contributed by atoms with van der Waals surface area (Å²) in [6, 6.07) is 0. The van der Waals surface area contributed by atoms with Crippen molar-refractivity contribution in [2.45, 2.75) is 6.42 Å². The molecule has 36 valence electrons. The Labute approximate surface area is 37.1 Å². The van der Waals surface area contributed by atoms with Crippen molar-refractivity contribution in [3.63, 3.8) is 0 Å². The minimum atomic E-state index is 0.510. The molecule has 6 heavy (non-hydrogen) atoms. The van der Waals surface area contributed by atoms with Gasteiger partial charge in [0.15, 0.2) is 0 Å². The van der Waals surface area contributed by atoms with E-state index in [4.69, 9.17) is 0 Å². The van der Waals surface area contributed by atoms with Gasteiger partial charge in [-0.05, 0) is 0 Å². The Morgan fingerprint density at radius 3 is 2.67 bits per heavy atom. The van der Waals surface area contributed by atoms with Crippen molar-refractivity contribution in [3.8, 4) is 0 Å². The summed E-state index contributed by atoms with van der Waals surface area (Å²) >= 11 is 0. The maximum absolute atomic E-state index is 9.48. The number of carbonyl (C=O) groups excluding carboxylic acids is 1. The molecule has 2 nitrogen and oxygen atoms in total. The van der Waals surface area contributed by atoms with Gasteiger partial charge in [-0.25, -0.2) is 0 Å². The van der Waals surface area contributed by atoms with Crippen LogP contribution in [-0.2, 0) is 9.53 Å². The lowest BCUT2D eigenvalue weighted by molar-refractivity contribution is -0.108. The lowest BCUT2D eigenvalue weighted by atomic mass is 10.5. The summed E-state index contributed by atoms with van der Waals surface area (Å²) in [5.41, 5.74) is 0. The first-order valence-electron chi connectivity index (χ1n) is 1.84. The van der Waals surface area contributed by atoms with Crippen LogP contribution in [0.15, 0.2) is 0 Å². The standard InChI is InChI=1S/C4H8O2/c1-6-4-2-3-5/h3H,2,4H2,1H3. The molecule has 0 aromatic rings. The van der Waals surface area contributed by atoms with Gasteiger partial charge in [-0.2, -0.15) is 0 Å². The minimum absolute atomic E-state index is 0.510. The van der Waals surface area contributed by atoms with Gasteiger partial charge >= 0.3 is 0 Å². The van der Waals surface area contributed by atoms with Gasteiger partial charge in [-0.15, -0.1) is 0 Å². The van der Waals surface area contributed by atoms with Gasteiger partial charge in [-0.1, -0.05) is 0 Å². The van der Waals surface area contributed by atoms with Crippen LogP contribution in [-0.4, -0.2) is 20.0 Å². The van der Waals surface area contributed by atoms with Crippen molar-refractivity contribution >= 4 is 6.29 Å². The van der Waals surface area contributed by atoms with Crippen LogP contribution in [0.5, 0.6) is 0 Å². The van der Waals surface area contributed by atoms with E-state index in [1.807, 2.05) is 0 Å². The zero-order chi connectivity index (χ0) is 4.83. The molecule has 0 spiro atoms. The number of hydrogen-bond donors (Lipinski definition) is 0. The molecular formula is C4H8O2. The van der Waals surface area contributed by atoms with Gasteiger partial charge < -0.3 is 9.53 Å². The molecule has 0 aromatic heterocycles. The second kappa shape index (κ2) is 4.63. The van der Waals surface area contributed by atoms with E-state index in [9.17, 15) is 4.79 Å². The molecule has 2 heteroatoms. The molecule has 0 unspecified atom stereocenters. The Balaban J connectivity index is 2.49. The summed E-state index contributed by atoms with van der Waals surface area (Å²) in [6.07, 6.45) is 1.35. The highest BCUT2D eigenvalue weighted by Crippen LogP contribution is 1.68. The zero-order valence-corrected chi connectivity index (χ0v) is 3.81. The highest BCUT2D eigenvalue weighted by molar-refractivity contribution is 5.49. The quantitative estimate of drug-likeness (QED) is 0.364. The van der Waals surface area contributed by atoms with E-state index >= 15 is 0 Å². The van der Waals surface area contributed by atoms with Crippen molar-refractivity contribution in [1.29, 1.82) is 0 Å². The normalized spacial score (nSPS) is 8.17. The van der Waals surface area contributed by atoms with Crippen LogP contribution >= 0.6 is 0 Å². The predicted molar refractivity (Wildman–Crippen MR) is 22.6 cm³/mol. The Morgan fingerprint density at radius 2 is 2.50 bits per heavy atom. The summed E-state index contributed by atoms with van der Waals surface area (Å²) in [5, 5.41) is 0. The molecule has 0 heterocycles. The third kappa shape index (κ3) is 3.63. The number of hydrogen-bond acceptors (Lipinski definition) is 2. The number of aldehydes is 1. The van der Waals surface area contributed by atoms with Crippen LogP contribution < -0.4 is 0 Å². The van der Waals surface area contributed by atoms with Crippen molar-refractivity contribution in [2.75, 3.05) is 13.7 Å². The molecule has 0 N–H and O–H groups in total. The molecule has 0 atom stereocenters. The molecule has 0 saturated heterocycles. The summed E-state index contributed by atoms with van der Waals surface area (Å²) in [5.74, 6) is 0. The van der Waals surface area contributed by atoms with Gasteiger partial charge in [0.25, 0.3) is 0 Å². The highest BCUT2D eigenvalue weighted by atomic mass is 16.5. The van der Waals surface area contributed by atoms with Crippen molar-refractivity contribution in [3.05, 3.63) is 0 Å². The maximum atomic E-state index is 9.48. The average molecular weight is 88.1 g/mol. The monoisotopic (exact) mass is 88.1 g/mol. The van der Waals surface area contributed by atoms with Crippen molar-refractivity contribution in [2.24, 2.45) is 0 Å². The lowest BCUT2D eigenvalue weighted by Crippen LogP contribution is -1.86. The van der Waals surface area contributed by atoms with Crippen LogP contribution in [0.2, 0.25) is 0 Å². The Hall–Kier alpha value is -0.370. The van der Waals surface area contributed by atoms with Gasteiger partial charge in [0.05, 0.1) is 6.61 Å². The molecule has 0 radical (unpaired) electrons. The third-order valence-electron chi connectivity index (χ3n) is 0.440. The fourth-order valence-corrected chi connectivity index (χ4v) is 0.166. The summed E-state index contributed by atoms with van der Waals surface area (Å²) < 4.78 is 4.55. The predicted octanol–water partition coefficient (Wildman–Crippen LogP) is 0.222. The van der Waals surface area contributed by atoms with E-state index in [0.717, 1.165) is 6.29 Å². The Bertz CT molecular complexity index is 34.5. The molecule has 0 aliphatic carbocycles. The Morgan fingerprint density at radius 1 is 1.83 bits per heavy atom. The van der Waals surface area contributed by atoms with Crippen LogP contribution in [0.1, 0.15) is 6.42 Å². The first-order chi connectivity index (χ1) is 2.91. The van der Waals surface area contributed by atoms with Crippen LogP contribution in [0.4, 0.5) is 0 Å². The zero-order valence-electron chi connectivity index (χ0n) is 3.81. The molecule has 0 saturated carbocycles. The molecule has 0 amide bonds. The first kappa shape index (κ1) is 5.63. The van der Waals surface area contributed by atoms with Gasteiger partial charge in [0.2, 0.25) is 0 Å². The molecule has 0 aliphatic rings. The smallest absolute Gasteiger partial charge is 0.122 e. The SMILES string of the molecule is COCCC=O. The van der Waals surface area contributed by atoms with Crippen LogP contribution in [0.25, 0.3) is 0 Å². The third-order valence-corrected chi connectivity index (χ3v) is 0.440. The van der Waals surface area contributed by atoms with E-state index in [1.165, 1.54) is 0 Å². The van der Waals surface area contributed by atoms with E-state index in [1.54, 1.807) is 7.11 Å². The molecule has 0 bridgehead atoms. The molecular weight excluding hydrogens is 80.0 g/mol. The van der Waals surface area contributed by atoms with E-state index in [0.29, 0.717) is 13.0 Å². The van der Waals surface area contributed by atoms with Crippen molar-refractivity contribution in [1.82, 2.24) is 0 Å². The van der Waals surface area contributed by atoms with Gasteiger partial charge in [0, 0.05) is 13.5 Å². The average Bonchev–Trinajstić information content (AvgIpc) is 1.61. The number of ether oxygens (including phenoxy) is 1. The molecule has 0 fully saturated rings. The van der Waals surface area contributed by atoms with Gasteiger partial charge in [0.1, 0.15) is 6.29 Å². The second-order valence-corrected chi connectivity index (χ2v) is 0.948. The summed E-state index contributed by atoms with van der Waals surface area (Å²) in [7, 11) is 1.57. The summed E-state index contributed by atoms with van der Waals surface area (Å²) in [4.78, 5) is 9.48. The first-order valence-corrected chi connectivity index (χ1v) is 1.84. The fraction of sp³-hybridized carbons (Fsp3) is 0.750. The van der Waals surface area contributed by atoms with Crippen molar-refractivity contribution < 1.29 is 9.53 Å². The maximum Gasteiger partial charge on any atom is 0.122 e. The number of carbonyl (C=O) groups is 1. The number of methoxy groups -OCH3 is 1. The molecule has 0 aromatic carbocycles. The van der Waals surface area contributed by atoms with Gasteiger partial charge in [-0.3, -0.25) is 0 Å². The van der Waals surface area contributed by atoms with E-state index < -0.39 is 0 Å². The van der Waals surface area contributed by atoms with Crippen LogP contribution in [0, 0.1) is 0 Å². The minimum Gasteiger partial charge on any atom is -0.384 e.